The van der Waals surface area contributed by atoms with Gasteiger partial charge in [0.25, 0.3) is 0 Å². The number of rotatable bonds is 5. The molecule has 0 bridgehead atoms. The monoisotopic (exact) mass is 303 g/mol. The second-order valence-corrected chi connectivity index (χ2v) is 5.01. The van der Waals surface area contributed by atoms with Gasteiger partial charge in [0.1, 0.15) is 0 Å². The first-order chi connectivity index (χ1) is 10.5. The number of carbonyl (C=O) groups excluding carboxylic acids is 1. The van der Waals surface area contributed by atoms with E-state index in [1.807, 2.05) is 6.92 Å². The number of carbonyl (C=O) groups is 1. The third-order valence-electron chi connectivity index (χ3n) is 3.35. The lowest BCUT2D eigenvalue weighted by molar-refractivity contribution is -0.703. The zero-order chi connectivity index (χ0) is 16.1. The molecule has 6 nitrogen and oxygen atoms in total. The molecule has 22 heavy (non-hydrogen) atoms. The van der Waals surface area contributed by atoms with E-state index in [2.05, 4.69) is 4.98 Å². The average molecular weight is 303 g/mol. The molecule has 2 N–H and O–H groups in total. The van der Waals surface area contributed by atoms with Crippen LogP contribution in [0.2, 0.25) is 0 Å². The van der Waals surface area contributed by atoms with Gasteiger partial charge in [-0.3, -0.25) is 4.98 Å². The van der Waals surface area contributed by atoms with Crippen molar-refractivity contribution in [1.29, 1.82) is 0 Å². The minimum atomic E-state index is -0.400. The number of aryl methyl sites for hydroxylation is 2. The molecule has 0 saturated carbocycles. The van der Waals surface area contributed by atoms with Gasteiger partial charge >= 0.3 is 5.97 Å². The molecule has 0 aromatic carbocycles. The highest BCUT2D eigenvalue weighted by atomic mass is 16.5. The standard InChI is InChI=1S/C16H18N2O4/c1-11-4-5-13(10-17-11)16(21)22-9-3-7-18-8-6-14(19)15(20)12(18)2/h4-6,8,10,20H,3,7,9H2,1-2H3/p+1. The highest BCUT2D eigenvalue weighted by Gasteiger charge is 2.15. The van der Waals surface area contributed by atoms with Gasteiger partial charge in [-0.2, -0.15) is 4.57 Å². The summed E-state index contributed by atoms with van der Waals surface area (Å²) in [6.07, 6.45) is 3.77. The van der Waals surface area contributed by atoms with Crippen LogP contribution >= 0.6 is 0 Å². The van der Waals surface area contributed by atoms with E-state index >= 15 is 0 Å². The third-order valence-corrected chi connectivity index (χ3v) is 3.35. The Morgan fingerprint density at radius 1 is 1.27 bits per heavy atom. The molecular formula is C16H19N2O4+. The van der Waals surface area contributed by atoms with Crippen LogP contribution in [0.1, 0.15) is 28.2 Å². The molecule has 0 amide bonds. The zero-order valence-electron chi connectivity index (χ0n) is 12.6. The summed E-state index contributed by atoms with van der Waals surface area (Å²) in [5.74, 6) is -0.681. The maximum atomic E-state index is 11.8. The number of hydrogen-bond donors (Lipinski definition) is 2. The summed E-state index contributed by atoms with van der Waals surface area (Å²) < 4.78 is 6.97. The van der Waals surface area contributed by atoms with E-state index in [4.69, 9.17) is 4.74 Å². The van der Waals surface area contributed by atoms with Gasteiger partial charge in [-0.1, -0.05) is 0 Å². The summed E-state index contributed by atoms with van der Waals surface area (Å²) >= 11 is 0. The highest BCUT2D eigenvalue weighted by Crippen LogP contribution is 2.24. The molecule has 0 aliphatic rings. The summed E-state index contributed by atoms with van der Waals surface area (Å²) in [6.45, 7) is 4.39. The van der Waals surface area contributed by atoms with Crippen molar-refractivity contribution in [3.05, 3.63) is 47.5 Å². The van der Waals surface area contributed by atoms with Crippen LogP contribution in [0.25, 0.3) is 0 Å². The van der Waals surface area contributed by atoms with Crippen LogP contribution in [0.15, 0.2) is 30.6 Å². The molecule has 0 fully saturated rings. The molecule has 0 radical (unpaired) electrons. The lowest BCUT2D eigenvalue weighted by Gasteiger charge is -2.05. The van der Waals surface area contributed by atoms with E-state index in [1.54, 1.807) is 29.8 Å². The molecule has 2 heterocycles. The average Bonchev–Trinajstić information content (AvgIpc) is 2.51. The molecule has 0 spiro atoms. The molecule has 0 aliphatic heterocycles. The number of ether oxygens (including phenoxy) is 1. The normalized spacial score (nSPS) is 10.5. The van der Waals surface area contributed by atoms with Crippen LogP contribution in [0, 0.1) is 13.8 Å². The second-order valence-electron chi connectivity index (χ2n) is 5.01. The number of aromatic hydroxyl groups is 2. The maximum Gasteiger partial charge on any atom is 0.339 e. The molecule has 6 heteroatoms. The second kappa shape index (κ2) is 6.89. The van der Waals surface area contributed by atoms with Crippen LogP contribution < -0.4 is 4.57 Å². The molecule has 116 valence electrons. The van der Waals surface area contributed by atoms with E-state index in [-0.39, 0.29) is 18.1 Å². The molecule has 2 rings (SSSR count). The fourth-order valence-electron chi connectivity index (χ4n) is 1.99. The summed E-state index contributed by atoms with van der Waals surface area (Å²) in [4.78, 5) is 15.8. The first-order valence-corrected chi connectivity index (χ1v) is 7.00. The van der Waals surface area contributed by atoms with Crippen LogP contribution in [-0.4, -0.2) is 27.8 Å². The lowest BCUT2D eigenvalue weighted by Crippen LogP contribution is -2.37. The van der Waals surface area contributed by atoms with Crippen molar-refractivity contribution in [2.24, 2.45) is 0 Å². The number of aromatic nitrogens is 2. The van der Waals surface area contributed by atoms with Crippen LogP contribution in [-0.2, 0) is 11.3 Å². The van der Waals surface area contributed by atoms with E-state index in [0.29, 0.717) is 24.2 Å². The smallest absolute Gasteiger partial charge is 0.339 e. The summed E-state index contributed by atoms with van der Waals surface area (Å²) in [7, 11) is 0. The van der Waals surface area contributed by atoms with Crippen molar-refractivity contribution < 1.29 is 24.3 Å². The summed E-state index contributed by atoms with van der Waals surface area (Å²) in [5, 5.41) is 19.0. The largest absolute Gasteiger partial charge is 0.504 e. The summed E-state index contributed by atoms with van der Waals surface area (Å²) in [5.41, 5.74) is 1.83. The predicted molar refractivity (Wildman–Crippen MR) is 78.6 cm³/mol. The summed E-state index contributed by atoms with van der Waals surface area (Å²) in [6, 6.07) is 4.86. The first kappa shape index (κ1) is 15.8. The van der Waals surface area contributed by atoms with E-state index in [1.165, 1.54) is 12.3 Å². The first-order valence-electron chi connectivity index (χ1n) is 7.00. The van der Waals surface area contributed by atoms with Crippen molar-refractivity contribution in [2.45, 2.75) is 26.8 Å². The van der Waals surface area contributed by atoms with Crippen LogP contribution in [0.4, 0.5) is 0 Å². The van der Waals surface area contributed by atoms with Crippen molar-refractivity contribution in [1.82, 2.24) is 4.98 Å². The van der Waals surface area contributed by atoms with E-state index in [0.717, 1.165) is 5.69 Å². The van der Waals surface area contributed by atoms with Gasteiger partial charge < -0.3 is 14.9 Å². The van der Waals surface area contributed by atoms with Crippen molar-refractivity contribution in [3.63, 3.8) is 0 Å². The van der Waals surface area contributed by atoms with Crippen LogP contribution in [0.5, 0.6) is 11.5 Å². The minimum absolute atomic E-state index is 0.134. The van der Waals surface area contributed by atoms with Gasteiger partial charge in [0.15, 0.2) is 18.5 Å². The molecule has 0 saturated heterocycles. The van der Waals surface area contributed by atoms with Gasteiger partial charge in [0.2, 0.25) is 11.4 Å². The molecule has 0 atom stereocenters. The Morgan fingerprint density at radius 3 is 2.73 bits per heavy atom. The Kier molecular flexibility index (Phi) is 4.93. The number of pyridine rings is 2. The number of hydrogen-bond acceptors (Lipinski definition) is 5. The topological polar surface area (TPSA) is 83.5 Å². The predicted octanol–water partition coefficient (Wildman–Crippen LogP) is 1.64. The maximum absolute atomic E-state index is 11.8. The Morgan fingerprint density at radius 2 is 2.05 bits per heavy atom. The van der Waals surface area contributed by atoms with Crippen molar-refractivity contribution in [3.8, 4) is 11.5 Å². The minimum Gasteiger partial charge on any atom is -0.504 e. The Balaban J connectivity index is 1.83. The number of nitrogens with zero attached hydrogens (tertiary/aromatic N) is 2. The van der Waals surface area contributed by atoms with E-state index in [9.17, 15) is 15.0 Å². The molecule has 2 aromatic rings. The highest BCUT2D eigenvalue weighted by molar-refractivity contribution is 5.88. The quantitative estimate of drug-likeness (QED) is 0.498. The van der Waals surface area contributed by atoms with Gasteiger partial charge in [0.05, 0.1) is 12.2 Å². The van der Waals surface area contributed by atoms with E-state index < -0.39 is 5.97 Å². The van der Waals surface area contributed by atoms with Crippen molar-refractivity contribution >= 4 is 5.97 Å². The van der Waals surface area contributed by atoms with Gasteiger partial charge in [-0.15, -0.1) is 0 Å². The molecule has 0 aliphatic carbocycles. The van der Waals surface area contributed by atoms with Gasteiger partial charge in [-0.05, 0) is 19.1 Å². The SMILES string of the molecule is Cc1ccc(C(=O)OCCC[n+]2ccc(O)c(O)c2C)cn1. The Hall–Kier alpha value is -2.63. The molecule has 2 aromatic heterocycles. The Bertz CT molecular complexity index is 669. The fraction of sp³-hybridized carbons (Fsp3) is 0.312. The third kappa shape index (κ3) is 3.72. The Labute approximate surface area is 128 Å². The van der Waals surface area contributed by atoms with Gasteiger partial charge in [0, 0.05) is 31.3 Å². The van der Waals surface area contributed by atoms with Crippen molar-refractivity contribution in [2.75, 3.05) is 6.61 Å². The van der Waals surface area contributed by atoms with Gasteiger partial charge in [-0.25, -0.2) is 4.79 Å². The number of esters is 1. The molecular weight excluding hydrogens is 284 g/mol. The zero-order valence-corrected chi connectivity index (χ0v) is 12.6. The molecule has 0 unspecified atom stereocenters. The lowest BCUT2D eigenvalue weighted by atomic mass is 10.2. The fourth-order valence-corrected chi connectivity index (χ4v) is 1.99. The van der Waals surface area contributed by atoms with Crippen LogP contribution in [0.3, 0.4) is 0 Å².